The molecule has 1 nitrogen and oxygen atoms in total. The van der Waals surface area contributed by atoms with Gasteiger partial charge in [-0.3, -0.25) is 4.90 Å². The molecule has 0 aliphatic carbocycles. The predicted molar refractivity (Wildman–Crippen MR) is 77.4 cm³/mol. The van der Waals surface area contributed by atoms with E-state index < -0.39 is 0 Å². The summed E-state index contributed by atoms with van der Waals surface area (Å²) in [4.78, 5) is 2.59. The van der Waals surface area contributed by atoms with Gasteiger partial charge in [0.05, 0.1) is 0 Å². The Hall–Kier alpha value is -0.0900. The maximum Gasteiger partial charge on any atom is 0.0233 e. The zero-order chi connectivity index (χ0) is 11.5. The van der Waals surface area contributed by atoms with E-state index in [4.69, 9.17) is 0 Å². The third-order valence-corrected chi connectivity index (χ3v) is 4.46. The Morgan fingerprint density at radius 1 is 1.19 bits per heavy atom. The normalized spacial score (nSPS) is 26.9. The van der Waals surface area contributed by atoms with Crippen LogP contribution in [0, 0.1) is 15.4 Å². The van der Waals surface area contributed by atoms with Gasteiger partial charge in [0.2, 0.25) is 0 Å². The third kappa shape index (κ3) is 3.20. The van der Waals surface area contributed by atoms with E-state index in [2.05, 4.69) is 65.6 Å². The number of benzene rings is 1. The maximum atomic E-state index is 2.59. The number of hydrogen-bond acceptors (Lipinski definition) is 1. The molecular weight excluding hydrogens is 309 g/mol. The third-order valence-electron chi connectivity index (χ3n) is 3.74. The van der Waals surface area contributed by atoms with E-state index in [1.165, 1.54) is 28.6 Å². The van der Waals surface area contributed by atoms with Gasteiger partial charge in [-0.1, -0.05) is 26.0 Å². The second kappa shape index (κ2) is 5.50. The Balaban J connectivity index is 1.93. The van der Waals surface area contributed by atoms with Crippen molar-refractivity contribution in [1.82, 2.24) is 4.90 Å². The van der Waals surface area contributed by atoms with E-state index in [1.807, 2.05) is 0 Å². The van der Waals surface area contributed by atoms with Gasteiger partial charge in [0.25, 0.3) is 0 Å². The van der Waals surface area contributed by atoms with E-state index in [9.17, 15) is 0 Å². The number of hydrogen-bond donors (Lipinski definition) is 0. The number of piperidine rings is 1. The zero-order valence-electron chi connectivity index (χ0n) is 10.1. The van der Waals surface area contributed by atoms with Gasteiger partial charge in [0.15, 0.2) is 0 Å². The molecule has 88 valence electrons. The van der Waals surface area contributed by atoms with Crippen molar-refractivity contribution < 1.29 is 0 Å². The standard InChI is InChI=1S/C14H20IN/c1-11-7-8-16(9-12(11)2)10-13-3-5-14(15)6-4-13/h3-6,11-12H,7-10H2,1-2H3. The van der Waals surface area contributed by atoms with E-state index in [1.54, 1.807) is 0 Å². The highest BCUT2D eigenvalue weighted by molar-refractivity contribution is 14.1. The van der Waals surface area contributed by atoms with Crippen molar-refractivity contribution in [3.63, 3.8) is 0 Å². The fourth-order valence-electron chi connectivity index (χ4n) is 2.34. The quantitative estimate of drug-likeness (QED) is 0.747. The fraction of sp³-hybridized carbons (Fsp3) is 0.571. The SMILES string of the molecule is CC1CCN(Cc2ccc(I)cc2)CC1C. The molecule has 1 saturated heterocycles. The van der Waals surface area contributed by atoms with E-state index in [0.717, 1.165) is 18.4 Å². The molecular formula is C14H20IN. The summed E-state index contributed by atoms with van der Waals surface area (Å²) in [6.07, 6.45) is 1.35. The van der Waals surface area contributed by atoms with Gasteiger partial charge in [-0.05, 0) is 65.1 Å². The Kier molecular flexibility index (Phi) is 4.25. The van der Waals surface area contributed by atoms with Crippen molar-refractivity contribution >= 4 is 22.6 Å². The first-order chi connectivity index (χ1) is 7.65. The molecule has 1 aliphatic heterocycles. The zero-order valence-corrected chi connectivity index (χ0v) is 12.3. The Morgan fingerprint density at radius 3 is 2.50 bits per heavy atom. The molecule has 16 heavy (non-hydrogen) atoms. The Morgan fingerprint density at radius 2 is 1.88 bits per heavy atom. The van der Waals surface area contributed by atoms with Crippen LogP contribution < -0.4 is 0 Å². The van der Waals surface area contributed by atoms with Gasteiger partial charge >= 0.3 is 0 Å². The van der Waals surface area contributed by atoms with Crippen molar-refractivity contribution in [3.8, 4) is 0 Å². The molecule has 1 aliphatic rings. The summed E-state index contributed by atoms with van der Waals surface area (Å²) in [6.45, 7) is 8.40. The Labute approximate surface area is 112 Å². The first-order valence-corrected chi connectivity index (χ1v) is 7.20. The summed E-state index contributed by atoms with van der Waals surface area (Å²) >= 11 is 2.36. The summed E-state index contributed by atoms with van der Waals surface area (Å²) in [5, 5.41) is 0. The summed E-state index contributed by atoms with van der Waals surface area (Å²) in [7, 11) is 0. The van der Waals surface area contributed by atoms with Crippen molar-refractivity contribution in [2.24, 2.45) is 11.8 Å². The molecule has 2 heteroatoms. The number of halogens is 1. The van der Waals surface area contributed by atoms with Gasteiger partial charge in [0.1, 0.15) is 0 Å². The molecule has 0 aromatic heterocycles. The van der Waals surface area contributed by atoms with Gasteiger partial charge in [0, 0.05) is 16.7 Å². The molecule has 1 aromatic rings. The van der Waals surface area contributed by atoms with Crippen molar-refractivity contribution in [3.05, 3.63) is 33.4 Å². The van der Waals surface area contributed by atoms with E-state index >= 15 is 0 Å². The summed E-state index contributed by atoms with van der Waals surface area (Å²) in [5.74, 6) is 1.74. The van der Waals surface area contributed by atoms with Crippen LogP contribution in [-0.2, 0) is 6.54 Å². The molecule has 0 spiro atoms. The number of nitrogens with zero attached hydrogens (tertiary/aromatic N) is 1. The first-order valence-electron chi connectivity index (χ1n) is 6.12. The lowest BCUT2D eigenvalue weighted by Crippen LogP contribution is -2.37. The highest BCUT2D eigenvalue weighted by Gasteiger charge is 2.22. The van der Waals surface area contributed by atoms with E-state index in [-0.39, 0.29) is 0 Å². The highest BCUT2D eigenvalue weighted by Crippen LogP contribution is 2.23. The molecule has 0 saturated carbocycles. The lowest BCUT2D eigenvalue weighted by Gasteiger charge is -2.35. The molecule has 1 aromatic carbocycles. The number of rotatable bonds is 2. The fourth-order valence-corrected chi connectivity index (χ4v) is 2.70. The van der Waals surface area contributed by atoms with Gasteiger partial charge in [-0.2, -0.15) is 0 Å². The lowest BCUT2D eigenvalue weighted by molar-refractivity contribution is 0.132. The van der Waals surface area contributed by atoms with E-state index in [0.29, 0.717) is 0 Å². The molecule has 0 N–H and O–H groups in total. The topological polar surface area (TPSA) is 3.24 Å². The predicted octanol–water partition coefficient (Wildman–Crippen LogP) is 3.77. The molecule has 2 rings (SSSR count). The minimum Gasteiger partial charge on any atom is -0.299 e. The second-order valence-corrected chi connectivity index (χ2v) is 6.35. The molecule has 2 unspecified atom stereocenters. The van der Waals surface area contributed by atoms with Crippen LogP contribution in [0.25, 0.3) is 0 Å². The molecule has 0 amide bonds. The largest absolute Gasteiger partial charge is 0.299 e. The van der Waals surface area contributed by atoms with Gasteiger partial charge in [-0.15, -0.1) is 0 Å². The monoisotopic (exact) mass is 329 g/mol. The molecule has 2 atom stereocenters. The second-order valence-electron chi connectivity index (χ2n) is 5.10. The van der Waals surface area contributed by atoms with Crippen molar-refractivity contribution in [1.29, 1.82) is 0 Å². The molecule has 1 heterocycles. The lowest BCUT2D eigenvalue weighted by atomic mass is 9.88. The van der Waals surface area contributed by atoms with Gasteiger partial charge in [-0.25, -0.2) is 0 Å². The van der Waals surface area contributed by atoms with Crippen LogP contribution in [0.5, 0.6) is 0 Å². The maximum absolute atomic E-state index is 2.59. The van der Waals surface area contributed by atoms with Crippen LogP contribution in [0.4, 0.5) is 0 Å². The Bertz CT molecular complexity index is 333. The van der Waals surface area contributed by atoms with Crippen LogP contribution in [0.3, 0.4) is 0 Å². The minimum atomic E-state index is 0.845. The molecule has 0 bridgehead atoms. The number of likely N-dealkylation sites (tertiary alicyclic amines) is 1. The van der Waals surface area contributed by atoms with Crippen LogP contribution in [0.1, 0.15) is 25.8 Å². The minimum absolute atomic E-state index is 0.845. The average Bonchev–Trinajstić information content (AvgIpc) is 2.27. The first kappa shape index (κ1) is 12.4. The van der Waals surface area contributed by atoms with Crippen LogP contribution in [0.15, 0.2) is 24.3 Å². The van der Waals surface area contributed by atoms with Crippen molar-refractivity contribution in [2.75, 3.05) is 13.1 Å². The summed E-state index contributed by atoms with van der Waals surface area (Å²) in [6, 6.07) is 8.91. The summed E-state index contributed by atoms with van der Waals surface area (Å²) < 4.78 is 1.32. The van der Waals surface area contributed by atoms with Gasteiger partial charge < -0.3 is 0 Å². The van der Waals surface area contributed by atoms with Crippen LogP contribution in [-0.4, -0.2) is 18.0 Å². The molecule has 1 fully saturated rings. The van der Waals surface area contributed by atoms with Crippen LogP contribution in [0.2, 0.25) is 0 Å². The average molecular weight is 329 g/mol. The molecule has 0 radical (unpaired) electrons. The summed E-state index contributed by atoms with van der Waals surface area (Å²) in [5.41, 5.74) is 1.45. The van der Waals surface area contributed by atoms with Crippen LogP contribution >= 0.6 is 22.6 Å². The van der Waals surface area contributed by atoms with Crippen molar-refractivity contribution in [2.45, 2.75) is 26.8 Å². The highest BCUT2D eigenvalue weighted by atomic mass is 127. The smallest absolute Gasteiger partial charge is 0.0233 e.